The molecule has 132 valence electrons. The molecule has 0 atom stereocenters. The maximum atomic E-state index is 12.8. The Hall–Kier alpha value is -2.00. The second-order valence-electron chi connectivity index (χ2n) is 5.70. The number of ether oxygens (including phenoxy) is 1. The standard InChI is InChI=1S/C16H17BrN4O3S/c1-24-13(22)16(7-8-16)21(10-12-19-20-14(17)25-12)15(23)18-9-11-5-3-2-4-6-11/h2-6H,7-10H2,1H3,(H,18,23). The van der Waals surface area contributed by atoms with Gasteiger partial charge in [-0.3, -0.25) is 0 Å². The van der Waals surface area contributed by atoms with E-state index in [-0.39, 0.29) is 12.6 Å². The Bertz CT molecular complexity index is 764. The molecular weight excluding hydrogens is 408 g/mol. The van der Waals surface area contributed by atoms with Gasteiger partial charge < -0.3 is 15.0 Å². The molecule has 2 amide bonds. The third-order valence-electron chi connectivity index (χ3n) is 4.07. The molecule has 1 N–H and O–H groups in total. The molecule has 9 heteroatoms. The molecule has 1 heterocycles. The lowest BCUT2D eigenvalue weighted by molar-refractivity contribution is -0.147. The second kappa shape index (κ2) is 7.49. The number of carbonyl (C=O) groups is 2. The minimum Gasteiger partial charge on any atom is -0.467 e. The van der Waals surface area contributed by atoms with Gasteiger partial charge in [0.15, 0.2) is 3.92 Å². The first-order valence-corrected chi connectivity index (χ1v) is 9.32. The number of urea groups is 1. The monoisotopic (exact) mass is 424 g/mol. The van der Waals surface area contributed by atoms with E-state index in [2.05, 4.69) is 31.4 Å². The first kappa shape index (κ1) is 17.8. The number of hydrogen-bond acceptors (Lipinski definition) is 6. The van der Waals surface area contributed by atoms with Crippen molar-refractivity contribution in [3.05, 3.63) is 44.8 Å². The van der Waals surface area contributed by atoms with E-state index in [1.54, 1.807) is 0 Å². The summed E-state index contributed by atoms with van der Waals surface area (Å²) < 4.78 is 5.55. The maximum absolute atomic E-state index is 12.8. The molecule has 1 aromatic heterocycles. The minimum absolute atomic E-state index is 0.207. The van der Waals surface area contributed by atoms with E-state index < -0.39 is 11.5 Å². The predicted octanol–water partition coefficient (Wildman–Crippen LogP) is 2.72. The normalized spacial score (nSPS) is 14.6. The Balaban J connectivity index is 1.76. The summed E-state index contributed by atoms with van der Waals surface area (Å²) in [5.41, 5.74) is 0.0746. The number of rotatable bonds is 6. The van der Waals surface area contributed by atoms with E-state index >= 15 is 0 Å². The van der Waals surface area contributed by atoms with Crippen LogP contribution in [0.15, 0.2) is 34.2 Å². The van der Waals surface area contributed by atoms with Crippen LogP contribution in [0.2, 0.25) is 0 Å². The molecule has 1 saturated carbocycles. The summed E-state index contributed by atoms with van der Waals surface area (Å²) in [4.78, 5) is 26.5. The van der Waals surface area contributed by atoms with Crippen LogP contribution in [-0.2, 0) is 22.6 Å². The van der Waals surface area contributed by atoms with E-state index in [0.717, 1.165) is 5.56 Å². The number of aromatic nitrogens is 2. The van der Waals surface area contributed by atoms with E-state index in [9.17, 15) is 9.59 Å². The third-order valence-corrected chi connectivity index (χ3v) is 5.41. The van der Waals surface area contributed by atoms with Gasteiger partial charge in [0.2, 0.25) is 0 Å². The average molecular weight is 425 g/mol. The van der Waals surface area contributed by atoms with E-state index in [1.807, 2.05) is 30.3 Å². The lowest BCUT2D eigenvalue weighted by Crippen LogP contribution is -2.51. The van der Waals surface area contributed by atoms with Crippen LogP contribution < -0.4 is 5.32 Å². The molecular formula is C16H17BrN4O3S. The fourth-order valence-corrected chi connectivity index (χ4v) is 3.80. The Labute approximate surface area is 157 Å². The number of nitrogens with one attached hydrogen (secondary N) is 1. The van der Waals surface area contributed by atoms with Gasteiger partial charge in [-0.1, -0.05) is 41.7 Å². The van der Waals surface area contributed by atoms with Crippen molar-refractivity contribution >= 4 is 39.3 Å². The lowest BCUT2D eigenvalue weighted by Gasteiger charge is -2.29. The summed E-state index contributed by atoms with van der Waals surface area (Å²) in [5, 5.41) is 11.5. The number of amides is 2. The lowest BCUT2D eigenvalue weighted by atomic mass is 10.2. The summed E-state index contributed by atoms with van der Waals surface area (Å²) in [6.07, 6.45) is 1.16. The van der Waals surface area contributed by atoms with Crippen molar-refractivity contribution in [1.29, 1.82) is 0 Å². The van der Waals surface area contributed by atoms with Crippen LogP contribution in [0.1, 0.15) is 23.4 Å². The fraction of sp³-hybridized carbons (Fsp3) is 0.375. The topological polar surface area (TPSA) is 84.4 Å². The van der Waals surface area contributed by atoms with Crippen LogP contribution in [0.3, 0.4) is 0 Å². The number of hydrogen-bond donors (Lipinski definition) is 1. The van der Waals surface area contributed by atoms with Crippen molar-refractivity contribution in [3.8, 4) is 0 Å². The molecule has 3 rings (SSSR count). The first-order valence-electron chi connectivity index (χ1n) is 7.71. The zero-order valence-electron chi connectivity index (χ0n) is 13.6. The minimum atomic E-state index is -0.909. The fourth-order valence-electron chi connectivity index (χ4n) is 2.61. The van der Waals surface area contributed by atoms with Crippen LogP contribution in [0, 0.1) is 0 Å². The highest BCUT2D eigenvalue weighted by molar-refractivity contribution is 9.11. The third kappa shape index (κ3) is 3.98. The molecule has 25 heavy (non-hydrogen) atoms. The van der Waals surface area contributed by atoms with Gasteiger partial charge in [-0.05, 0) is 34.3 Å². The molecule has 0 spiro atoms. The molecule has 7 nitrogen and oxygen atoms in total. The number of nitrogens with zero attached hydrogens (tertiary/aromatic N) is 3. The first-order chi connectivity index (χ1) is 12.0. The van der Waals surface area contributed by atoms with Crippen molar-refractivity contribution in [3.63, 3.8) is 0 Å². The summed E-state index contributed by atoms with van der Waals surface area (Å²) >= 11 is 4.60. The molecule has 1 aromatic carbocycles. The molecule has 2 aromatic rings. The van der Waals surface area contributed by atoms with Crippen LogP contribution in [0.4, 0.5) is 4.79 Å². The van der Waals surface area contributed by atoms with Crippen molar-refractivity contribution in [2.45, 2.75) is 31.5 Å². The zero-order chi connectivity index (χ0) is 17.9. The van der Waals surface area contributed by atoms with Gasteiger partial charge in [0.25, 0.3) is 0 Å². The Morgan fingerprint density at radius 1 is 1.32 bits per heavy atom. The van der Waals surface area contributed by atoms with E-state index in [4.69, 9.17) is 4.74 Å². The molecule has 0 aliphatic heterocycles. The summed E-state index contributed by atoms with van der Waals surface area (Å²) in [5.74, 6) is -0.397. The number of esters is 1. The largest absolute Gasteiger partial charge is 0.467 e. The van der Waals surface area contributed by atoms with E-state index in [0.29, 0.717) is 28.3 Å². The van der Waals surface area contributed by atoms with Gasteiger partial charge in [-0.25, -0.2) is 9.59 Å². The SMILES string of the molecule is COC(=O)C1(N(Cc2nnc(Br)s2)C(=O)NCc2ccccc2)CC1. The summed E-state index contributed by atoms with van der Waals surface area (Å²) in [6, 6.07) is 9.28. The molecule has 1 aliphatic carbocycles. The highest BCUT2D eigenvalue weighted by atomic mass is 79.9. The zero-order valence-corrected chi connectivity index (χ0v) is 16.0. The molecule has 0 bridgehead atoms. The number of benzene rings is 1. The van der Waals surface area contributed by atoms with Crippen LogP contribution in [0.5, 0.6) is 0 Å². The summed E-state index contributed by atoms with van der Waals surface area (Å²) in [6.45, 7) is 0.590. The van der Waals surface area contributed by atoms with Crippen molar-refractivity contribution in [1.82, 2.24) is 20.4 Å². The second-order valence-corrected chi connectivity index (χ2v) is 8.04. The number of halogens is 1. The van der Waals surface area contributed by atoms with E-state index in [1.165, 1.54) is 23.3 Å². The number of carbonyl (C=O) groups excluding carboxylic acids is 2. The van der Waals surface area contributed by atoms with Crippen LogP contribution in [0.25, 0.3) is 0 Å². The van der Waals surface area contributed by atoms with Crippen molar-refractivity contribution < 1.29 is 14.3 Å². The quantitative estimate of drug-likeness (QED) is 0.720. The van der Waals surface area contributed by atoms with Crippen LogP contribution >= 0.6 is 27.3 Å². The summed E-state index contributed by atoms with van der Waals surface area (Å²) in [7, 11) is 1.34. The molecule has 0 radical (unpaired) electrons. The van der Waals surface area contributed by atoms with Gasteiger partial charge in [0.1, 0.15) is 10.5 Å². The van der Waals surface area contributed by atoms with Gasteiger partial charge >= 0.3 is 12.0 Å². The smallest absolute Gasteiger partial charge is 0.331 e. The average Bonchev–Trinajstić information content (AvgIpc) is 3.34. The molecule has 1 aliphatic rings. The van der Waals surface area contributed by atoms with Crippen molar-refractivity contribution in [2.24, 2.45) is 0 Å². The Morgan fingerprint density at radius 3 is 2.60 bits per heavy atom. The van der Waals surface area contributed by atoms with Gasteiger partial charge in [0.05, 0.1) is 13.7 Å². The number of methoxy groups -OCH3 is 1. The van der Waals surface area contributed by atoms with Gasteiger partial charge in [-0.2, -0.15) is 0 Å². The predicted molar refractivity (Wildman–Crippen MR) is 95.8 cm³/mol. The molecule has 0 unspecified atom stereocenters. The molecule has 0 saturated heterocycles. The van der Waals surface area contributed by atoms with Gasteiger partial charge in [-0.15, -0.1) is 10.2 Å². The Morgan fingerprint density at radius 2 is 2.04 bits per heavy atom. The highest BCUT2D eigenvalue weighted by Gasteiger charge is 2.58. The Kier molecular flexibility index (Phi) is 5.33. The van der Waals surface area contributed by atoms with Crippen molar-refractivity contribution in [2.75, 3.05) is 7.11 Å². The maximum Gasteiger partial charge on any atom is 0.331 e. The highest BCUT2D eigenvalue weighted by Crippen LogP contribution is 2.44. The van der Waals surface area contributed by atoms with Gasteiger partial charge in [0, 0.05) is 6.54 Å². The molecule has 1 fully saturated rings. The van der Waals surface area contributed by atoms with Crippen LogP contribution in [-0.4, -0.2) is 39.7 Å².